The molecule has 0 amide bonds. The first-order valence-corrected chi connectivity index (χ1v) is 4.10. The van der Waals surface area contributed by atoms with Gasteiger partial charge in [0.2, 0.25) is 0 Å². The molecule has 1 unspecified atom stereocenters. The second-order valence-electron chi connectivity index (χ2n) is 3.17. The molecule has 1 atom stereocenters. The lowest BCUT2D eigenvalue weighted by Gasteiger charge is -2.09. The Bertz CT molecular complexity index is 250. The second-order valence-corrected chi connectivity index (χ2v) is 3.17. The van der Waals surface area contributed by atoms with Crippen molar-refractivity contribution in [3.63, 3.8) is 0 Å². The van der Waals surface area contributed by atoms with Gasteiger partial charge in [-0.3, -0.25) is 0 Å². The minimum Gasteiger partial charge on any atom is -0.387 e. The largest absolute Gasteiger partial charge is 0.387 e. The summed E-state index contributed by atoms with van der Waals surface area (Å²) in [6, 6.07) is 6.00. The fourth-order valence-corrected chi connectivity index (χ4v) is 1.34. The van der Waals surface area contributed by atoms with Gasteiger partial charge in [0.25, 0.3) is 0 Å². The van der Waals surface area contributed by atoms with Gasteiger partial charge in [-0.2, -0.15) is 0 Å². The summed E-state index contributed by atoms with van der Waals surface area (Å²) in [6.45, 7) is 4.31. The van der Waals surface area contributed by atoms with E-state index >= 15 is 0 Å². The summed E-state index contributed by atoms with van der Waals surface area (Å²) < 4.78 is 0. The molecule has 66 valence electrons. The lowest BCUT2D eigenvalue weighted by atomic mass is 10.0. The monoisotopic (exact) mass is 165 g/mol. The van der Waals surface area contributed by atoms with Crippen LogP contribution in [0.5, 0.6) is 0 Å². The Morgan fingerprint density at radius 3 is 2.17 bits per heavy atom. The Balaban J connectivity index is 3.00. The Morgan fingerprint density at radius 1 is 1.25 bits per heavy atom. The first-order chi connectivity index (χ1) is 5.63. The Kier molecular flexibility index (Phi) is 2.84. The molecule has 0 aliphatic heterocycles. The fourth-order valence-electron chi connectivity index (χ4n) is 1.34. The van der Waals surface area contributed by atoms with Crippen LogP contribution in [-0.4, -0.2) is 11.7 Å². The molecule has 0 aliphatic carbocycles. The minimum absolute atomic E-state index is 0.281. The van der Waals surface area contributed by atoms with Gasteiger partial charge in [-0.05, 0) is 19.4 Å². The topological polar surface area (TPSA) is 46.2 Å². The summed E-state index contributed by atoms with van der Waals surface area (Å²) in [6.07, 6.45) is -0.524. The van der Waals surface area contributed by atoms with Gasteiger partial charge < -0.3 is 10.8 Å². The summed E-state index contributed by atoms with van der Waals surface area (Å²) in [7, 11) is 0. The highest BCUT2D eigenvalue weighted by Crippen LogP contribution is 2.15. The number of aliphatic hydroxyl groups excluding tert-OH is 1. The van der Waals surface area contributed by atoms with Gasteiger partial charge in [0.15, 0.2) is 0 Å². The van der Waals surface area contributed by atoms with Gasteiger partial charge in [-0.25, -0.2) is 0 Å². The molecule has 2 heteroatoms. The van der Waals surface area contributed by atoms with Gasteiger partial charge in [-0.1, -0.05) is 29.3 Å². The van der Waals surface area contributed by atoms with Gasteiger partial charge in [0.05, 0.1) is 6.10 Å². The number of nitrogens with two attached hydrogens (primary N) is 1. The maximum Gasteiger partial charge on any atom is 0.0912 e. The summed E-state index contributed by atoms with van der Waals surface area (Å²) in [5.41, 5.74) is 8.59. The molecule has 3 N–H and O–H groups in total. The predicted octanol–water partition coefficient (Wildman–Crippen LogP) is 1.30. The fraction of sp³-hybridized carbons (Fsp3) is 0.400. The van der Waals surface area contributed by atoms with Crippen molar-refractivity contribution < 1.29 is 5.11 Å². The molecule has 1 aromatic carbocycles. The molecule has 0 spiro atoms. The average molecular weight is 165 g/mol. The summed E-state index contributed by atoms with van der Waals surface area (Å²) in [5, 5.41) is 9.45. The average Bonchev–Trinajstić information content (AvgIpc) is 2.01. The quantitative estimate of drug-likeness (QED) is 0.693. The normalized spacial score (nSPS) is 13.0. The van der Waals surface area contributed by atoms with Crippen molar-refractivity contribution in [2.75, 3.05) is 6.54 Å². The number of aryl methyl sites for hydroxylation is 2. The van der Waals surface area contributed by atoms with Crippen molar-refractivity contribution in [3.8, 4) is 0 Å². The zero-order valence-electron chi connectivity index (χ0n) is 7.54. The van der Waals surface area contributed by atoms with Crippen LogP contribution in [0.25, 0.3) is 0 Å². The maximum atomic E-state index is 9.45. The van der Waals surface area contributed by atoms with Crippen LogP contribution >= 0.6 is 0 Å². The summed E-state index contributed by atoms with van der Waals surface area (Å²) in [4.78, 5) is 0. The molecule has 12 heavy (non-hydrogen) atoms. The molecule has 0 fully saturated rings. The van der Waals surface area contributed by atoms with E-state index in [1.54, 1.807) is 0 Å². The molecule has 0 bridgehead atoms. The van der Waals surface area contributed by atoms with Crippen LogP contribution < -0.4 is 5.73 Å². The minimum atomic E-state index is -0.524. The van der Waals surface area contributed by atoms with Crippen LogP contribution in [-0.2, 0) is 0 Å². The van der Waals surface area contributed by atoms with E-state index in [2.05, 4.69) is 6.07 Å². The van der Waals surface area contributed by atoms with Crippen molar-refractivity contribution >= 4 is 0 Å². The van der Waals surface area contributed by atoms with E-state index in [4.69, 9.17) is 5.73 Å². The predicted molar refractivity (Wildman–Crippen MR) is 49.9 cm³/mol. The highest BCUT2D eigenvalue weighted by Gasteiger charge is 2.04. The smallest absolute Gasteiger partial charge is 0.0912 e. The van der Waals surface area contributed by atoms with Crippen molar-refractivity contribution in [2.45, 2.75) is 20.0 Å². The molecule has 0 saturated carbocycles. The molecule has 0 radical (unpaired) electrons. The molecule has 1 rings (SSSR count). The molecule has 2 nitrogen and oxygen atoms in total. The van der Waals surface area contributed by atoms with E-state index < -0.39 is 6.10 Å². The lowest BCUT2D eigenvalue weighted by Crippen LogP contribution is -2.11. The lowest BCUT2D eigenvalue weighted by molar-refractivity contribution is 0.186. The Labute approximate surface area is 73.0 Å². The molecular weight excluding hydrogens is 150 g/mol. The van der Waals surface area contributed by atoms with Gasteiger partial charge >= 0.3 is 0 Å². The van der Waals surface area contributed by atoms with E-state index in [-0.39, 0.29) is 6.54 Å². The van der Waals surface area contributed by atoms with E-state index in [0.29, 0.717) is 0 Å². The van der Waals surface area contributed by atoms with Gasteiger partial charge in [0, 0.05) is 6.54 Å². The van der Waals surface area contributed by atoms with Crippen molar-refractivity contribution in [1.82, 2.24) is 0 Å². The first-order valence-electron chi connectivity index (χ1n) is 4.10. The highest BCUT2D eigenvalue weighted by atomic mass is 16.3. The van der Waals surface area contributed by atoms with Crippen LogP contribution in [0.15, 0.2) is 18.2 Å². The van der Waals surface area contributed by atoms with E-state index in [9.17, 15) is 5.11 Å². The second kappa shape index (κ2) is 3.70. The third kappa shape index (κ3) is 2.06. The summed E-state index contributed by atoms with van der Waals surface area (Å²) >= 11 is 0. The van der Waals surface area contributed by atoms with Crippen LogP contribution in [0, 0.1) is 13.8 Å². The molecule has 0 aromatic heterocycles. The highest BCUT2D eigenvalue weighted by molar-refractivity contribution is 5.29. The SMILES string of the molecule is Cc1cc(C)cc(C(O)CN)c1. The van der Waals surface area contributed by atoms with Crippen LogP contribution in [0.1, 0.15) is 22.8 Å². The Hall–Kier alpha value is -0.860. The van der Waals surface area contributed by atoms with Crippen LogP contribution in [0.3, 0.4) is 0 Å². The number of hydrogen-bond acceptors (Lipinski definition) is 2. The molecule has 0 aliphatic rings. The van der Waals surface area contributed by atoms with Gasteiger partial charge in [0.1, 0.15) is 0 Å². The van der Waals surface area contributed by atoms with Gasteiger partial charge in [-0.15, -0.1) is 0 Å². The third-order valence-corrected chi connectivity index (χ3v) is 1.85. The van der Waals surface area contributed by atoms with Crippen molar-refractivity contribution in [3.05, 3.63) is 34.9 Å². The Morgan fingerprint density at radius 2 is 1.75 bits per heavy atom. The molecular formula is C10H15NO. The zero-order valence-corrected chi connectivity index (χ0v) is 7.54. The molecule has 0 saturated heterocycles. The number of rotatable bonds is 2. The number of hydrogen-bond donors (Lipinski definition) is 2. The standard InChI is InChI=1S/C10H15NO/c1-7-3-8(2)5-9(4-7)10(12)6-11/h3-5,10,12H,6,11H2,1-2H3. The van der Waals surface area contributed by atoms with Crippen LogP contribution in [0.4, 0.5) is 0 Å². The molecule has 0 heterocycles. The van der Waals surface area contributed by atoms with E-state index in [1.165, 1.54) is 0 Å². The first kappa shape index (κ1) is 9.23. The van der Waals surface area contributed by atoms with E-state index in [0.717, 1.165) is 16.7 Å². The van der Waals surface area contributed by atoms with Crippen LogP contribution in [0.2, 0.25) is 0 Å². The third-order valence-electron chi connectivity index (χ3n) is 1.85. The van der Waals surface area contributed by atoms with Crippen molar-refractivity contribution in [2.24, 2.45) is 5.73 Å². The van der Waals surface area contributed by atoms with E-state index in [1.807, 2.05) is 26.0 Å². The zero-order chi connectivity index (χ0) is 9.14. The van der Waals surface area contributed by atoms with Crippen molar-refractivity contribution in [1.29, 1.82) is 0 Å². The number of aliphatic hydroxyl groups is 1. The molecule has 1 aromatic rings. The maximum absolute atomic E-state index is 9.45. The number of benzene rings is 1. The summed E-state index contributed by atoms with van der Waals surface area (Å²) in [5.74, 6) is 0.